The van der Waals surface area contributed by atoms with Gasteiger partial charge in [0.25, 0.3) is 0 Å². The molecule has 0 saturated carbocycles. The van der Waals surface area contributed by atoms with Crippen LogP contribution in [0.25, 0.3) is 0 Å². The molecule has 0 saturated heterocycles. The lowest BCUT2D eigenvalue weighted by Gasteiger charge is -2.10. The van der Waals surface area contributed by atoms with Crippen LogP contribution < -0.4 is 0 Å². The molecule has 0 radical (unpaired) electrons. The maximum absolute atomic E-state index is 5.62. The SMILES string of the molecule is CC[C@H](C)OCc1ccnn1CC. The Labute approximate surface area is 79.7 Å². The predicted molar refractivity (Wildman–Crippen MR) is 52.4 cm³/mol. The Balaban J connectivity index is 2.44. The predicted octanol–water partition coefficient (Wildman–Crippen LogP) is 2.22. The minimum absolute atomic E-state index is 0.334. The van der Waals surface area contributed by atoms with Crippen LogP contribution in [0.3, 0.4) is 0 Å². The first-order valence-electron chi connectivity index (χ1n) is 4.90. The first-order valence-corrected chi connectivity index (χ1v) is 4.90. The molecule has 0 aliphatic carbocycles. The molecule has 0 aliphatic rings. The first-order chi connectivity index (χ1) is 6.27. The molecule has 3 nitrogen and oxygen atoms in total. The van der Waals surface area contributed by atoms with Gasteiger partial charge in [0.15, 0.2) is 0 Å². The molecule has 0 bridgehead atoms. The third kappa shape index (κ3) is 2.84. The minimum Gasteiger partial charge on any atom is -0.372 e. The zero-order valence-electron chi connectivity index (χ0n) is 8.66. The summed E-state index contributed by atoms with van der Waals surface area (Å²) < 4.78 is 7.58. The van der Waals surface area contributed by atoms with Gasteiger partial charge in [0.05, 0.1) is 18.4 Å². The lowest BCUT2D eigenvalue weighted by molar-refractivity contribution is 0.0467. The fourth-order valence-corrected chi connectivity index (χ4v) is 1.11. The quantitative estimate of drug-likeness (QED) is 0.698. The zero-order valence-corrected chi connectivity index (χ0v) is 8.66. The van der Waals surface area contributed by atoms with Crippen LogP contribution in [-0.2, 0) is 17.9 Å². The average Bonchev–Trinajstić information content (AvgIpc) is 2.61. The second-order valence-electron chi connectivity index (χ2n) is 3.17. The Morgan fingerprint density at radius 3 is 2.92 bits per heavy atom. The third-order valence-corrected chi connectivity index (χ3v) is 2.19. The van der Waals surface area contributed by atoms with E-state index in [4.69, 9.17) is 4.74 Å². The number of hydrogen-bond donors (Lipinski definition) is 0. The number of aryl methyl sites for hydroxylation is 1. The fraction of sp³-hybridized carbons (Fsp3) is 0.700. The van der Waals surface area contributed by atoms with Gasteiger partial charge in [0, 0.05) is 12.7 Å². The molecule has 0 aliphatic heterocycles. The van der Waals surface area contributed by atoms with Crippen LogP contribution >= 0.6 is 0 Å². The van der Waals surface area contributed by atoms with E-state index in [1.165, 1.54) is 0 Å². The third-order valence-electron chi connectivity index (χ3n) is 2.19. The topological polar surface area (TPSA) is 27.1 Å². The highest BCUT2D eigenvalue weighted by atomic mass is 16.5. The Bertz CT molecular complexity index is 245. The molecule has 74 valence electrons. The van der Waals surface area contributed by atoms with Crippen LogP contribution in [-0.4, -0.2) is 15.9 Å². The molecule has 0 spiro atoms. The zero-order chi connectivity index (χ0) is 9.68. The number of aromatic nitrogens is 2. The van der Waals surface area contributed by atoms with Gasteiger partial charge in [-0.15, -0.1) is 0 Å². The Morgan fingerprint density at radius 2 is 2.31 bits per heavy atom. The smallest absolute Gasteiger partial charge is 0.0888 e. The molecular weight excluding hydrogens is 164 g/mol. The van der Waals surface area contributed by atoms with Gasteiger partial charge in [-0.05, 0) is 26.3 Å². The van der Waals surface area contributed by atoms with Crippen LogP contribution in [0, 0.1) is 0 Å². The van der Waals surface area contributed by atoms with Gasteiger partial charge >= 0.3 is 0 Å². The van der Waals surface area contributed by atoms with Crippen LogP contribution in [0.5, 0.6) is 0 Å². The molecule has 1 rings (SSSR count). The van der Waals surface area contributed by atoms with E-state index in [1.54, 1.807) is 0 Å². The van der Waals surface area contributed by atoms with E-state index in [0.29, 0.717) is 12.7 Å². The number of rotatable bonds is 5. The van der Waals surface area contributed by atoms with Crippen molar-refractivity contribution in [1.82, 2.24) is 9.78 Å². The molecule has 3 heteroatoms. The molecule has 1 aromatic heterocycles. The maximum Gasteiger partial charge on any atom is 0.0888 e. The Morgan fingerprint density at radius 1 is 1.54 bits per heavy atom. The van der Waals surface area contributed by atoms with Crippen molar-refractivity contribution in [1.29, 1.82) is 0 Å². The average molecular weight is 182 g/mol. The van der Waals surface area contributed by atoms with Gasteiger partial charge in [-0.1, -0.05) is 6.92 Å². The summed E-state index contributed by atoms with van der Waals surface area (Å²) in [6.07, 6.45) is 3.21. The van der Waals surface area contributed by atoms with Crippen LogP contribution in [0.4, 0.5) is 0 Å². The van der Waals surface area contributed by atoms with Gasteiger partial charge < -0.3 is 4.74 Å². The van der Waals surface area contributed by atoms with Crippen molar-refractivity contribution in [2.75, 3.05) is 0 Å². The summed E-state index contributed by atoms with van der Waals surface area (Å²) in [5.74, 6) is 0. The second kappa shape index (κ2) is 5.02. The lowest BCUT2D eigenvalue weighted by atomic mass is 10.3. The monoisotopic (exact) mass is 182 g/mol. The molecule has 13 heavy (non-hydrogen) atoms. The molecule has 1 atom stereocenters. The summed E-state index contributed by atoms with van der Waals surface area (Å²) in [5, 5.41) is 4.18. The van der Waals surface area contributed by atoms with Gasteiger partial charge in [-0.2, -0.15) is 5.10 Å². The summed E-state index contributed by atoms with van der Waals surface area (Å²) in [6, 6.07) is 2.01. The summed E-state index contributed by atoms with van der Waals surface area (Å²) in [7, 11) is 0. The molecule has 0 fully saturated rings. The number of hydrogen-bond acceptors (Lipinski definition) is 2. The van der Waals surface area contributed by atoms with E-state index >= 15 is 0 Å². The van der Waals surface area contributed by atoms with Gasteiger partial charge in [0.2, 0.25) is 0 Å². The van der Waals surface area contributed by atoms with Crippen molar-refractivity contribution >= 4 is 0 Å². The van der Waals surface area contributed by atoms with E-state index in [-0.39, 0.29) is 0 Å². The standard InChI is InChI=1S/C10H18N2O/c1-4-9(3)13-8-10-6-7-11-12(10)5-2/h6-7,9H,4-5,8H2,1-3H3/t9-/m0/s1. The highest BCUT2D eigenvalue weighted by Gasteiger charge is 2.03. The van der Waals surface area contributed by atoms with Crippen LogP contribution in [0.1, 0.15) is 32.9 Å². The lowest BCUT2D eigenvalue weighted by Crippen LogP contribution is -2.10. The minimum atomic E-state index is 0.334. The maximum atomic E-state index is 5.62. The van der Waals surface area contributed by atoms with Gasteiger partial charge in [-0.25, -0.2) is 0 Å². The van der Waals surface area contributed by atoms with E-state index in [0.717, 1.165) is 18.7 Å². The second-order valence-corrected chi connectivity index (χ2v) is 3.17. The first kappa shape index (κ1) is 10.3. The van der Waals surface area contributed by atoms with Crippen LogP contribution in [0.2, 0.25) is 0 Å². The van der Waals surface area contributed by atoms with Gasteiger partial charge in [0.1, 0.15) is 0 Å². The van der Waals surface area contributed by atoms with Crippen molar-refractivity contribution in [3.8, 4) is 0 Å². The largest absolute Gasteiger partial charge is 0.372 e. The molecular formula is C10H18N2O. The summed E-state index contributed by atoms with van der Waals surface area (Å²) >= 11 is 0. The van der Waals surface area contributed by atoms with E-state index in [1.807, 2.05) is 16.9 Å². The summed E-state index contributed by atoms with van der Waals surface area (Å²) in [6.45, 7) is 7.88. The number of ether oxygens (including phenoxy) is 1. The Hall–Kier alpha value is -0.830. The summed E-state index contributed by atoms with van der Waals surface area (Å²) in [5.41, 5.74) is 1.16. The molecule has 0 N–H and O–H groups in total. The van der Waals surface area contributed by atoms with Crippen molar-refractivity contribution < 1.29 is 4.74 Å². The highest BCUT2D eigenvalue weighted by Crippen LogP contribution is 2.04. The van der Waals surface area contributed by atoms with Gasteiger partial charge in [-0.3, -0.25) is 4.68 Å². The van der Waals surface area contributed by atoms with Crippen molar-refractivity contribution in [2.45, 2.75) is 46.4 Å². The number of nitrogens with zero attached hydrogens (tertiary/aromatic N) is 2. The highest BCUT2D eigenvalue weighted by molar-refractivity contribution is 4.98. The van der Waals surface area contributed by atoms with Crippen LogP contribution in [0.15, 0.2) is 12.3 Å². The van der Waals surface area contributed by atoms with Crippen molar-refractivity contribution in [2.24, 2.45) is 0 Å². The fourth-order valence-electron chi connectivity index (χ4n) is 1.11. The molecule has 0 unspecified atom stereocenters. The molecule has 0 amide bonds. The normalized spacial score (nSPS) is 13.2. The summed E-state index contributed by atoms with van der Waals surface area (Å²) in [4.78, 5) is 0. The molecule has 1 aromatic rings. The molecule has 1 heterocycles. The van der Waals surface area contributed by atoms with E-state index < -0.39 is 0 Å². The Kier molecular flexibility index (Phi) is 3.96. The van der Waals surface area contributed by atoms with Crippen molar-refractivity contribution in [3.63, 3.8) is 0 Å². The molecule has 0 aromatic carbocycles. The van der Waals surface area contributed by atoms with E-state index in [9.17, 15) is 0 Å². The van der Waals surface area contributed by atoms with Crippen molar-refractivity contribution in [3.05, 3.63) is 18.0 Å². The van der Waals surface area contributed by atoms with E-state index in [2.05, 4.69) is 25.9 Å².